The number of fused-ring (bicyclic) bond motifs is 5. The van der Waals surface area contributed by atoms with Crippen LogP contribution in [0.3, 0.4) is 0 Å². The van der Waals surface area contributed by atoms with Crippen LogP contribution in [0.15, 0.2) is 83.7 Å². The predicted octanol–water partition coefficient (Wildman–Crippen LogP) is 4.08. The standard InChI is InChI=1S/C49H53N7O11/c1-4-33-34-22-32(58)18-19-38(34)53-43-35(33)24-56-41(43)23-37-36(46(56)62)27-65-47(63)49(37,5-2)67-42(59)25-55(3)48(64)66-26-30-14-16-31(17-15-30)52-44(60)39(13-9-10-20-50)54-45(61)40(51-28-57)21-29-11-7-6-8-12-29/h6-8,11-12,14-19,22-23,28,39-40,58H,4-5,9-10,13,20-21,24-27,50H2,1-3H3,(H,51,57)(H,52,60)(H,54,61)/t39-,40-,49?/m0/s1. The molecule has 2 aliphatic rings. The maximum Gasteiger partial charge on any atom is 0.410 e. The molecule has 2 aromatic heterocycles. The Morgan fingerprint density at radius 3 is 2.43 bits per heavy atom. The van der Waals surface area contributed by atoms with Gasteiger partial charge in [0.1, 0.15) is 37.6 Å². The van der Waals surface area contributed by atoms with Crippen molar-refractivity contribution in [3.8, 4) is 17.1 Å². The highest BCUT2D eigenvalue weighted by atomic mass is 16.6. The Morgan fingerprint density at radius 2 is 1.73 bits per heavy atom. The van der Waals surface area contributed by atoms with Crippen molar-refractivity contribution in [2.24, 2.45) is 5.73 Å². The Bertz CT molecular complexity index is 2760. The van der Waals surface area contributed by atoms with Crippen LogP contribution in [0.5, 0.6) is 5.75 Å². The van der Waals surface area contributed by atoms with Crippen LogP contribution in [0.4, 0.5) is 10.5 Å². The number of cyclic esters (lactones) is 1. The largest absolute Gasteiger partial charge is 0.508 e. The first-order chi connectivity index (χ1) is 32.3. The molecular formula is C49H53N7O11. The molecule has 18 nitrogen and oxygen atoms in total. The van der Waals surface area contributed by atoms with Crippen LogP contribution < -0.4 is 27.2 Å². The number of phenols is 1. The third-order valence-corrected chi connectivity index (χ3v) is 12.1. The van der Waals surface area contributed by atoms with Crippen LogP contribution in [-0.2, 0) is 76.4 Å². The maximum absolute atomic E-state index is 14.1. The fourth-order valence-electron chi connectivity index (χ4n) is 8.56. The molecule has 0 spiro atoms. The number of benzene rings is 3. The van der Waals surface area contributed by atoms with E-state index in [-0.39, 0.29) is 49.5 Å². The molecular weight excluding hydrogens is 863 g/mol. The van der Waals surface area contributed by atoms with Crippen molar-refractivity contribution in [1.82, 2.24) is 25.1 Å². The predicted molar refractivity (Wildman–Crippen MR) is 245 cm³/mol. The summed E-state index contributed by atoms with van der Waals surface area (Å²) < 4.78 is 18.4. The first kappa shape index (κ1) is 47.4. The van der Waals surface area contributed by atoms with Crippen molar-refractivity contribution in [3.05, 3.63) is 123 Å². The van der Waals surface area contributed by atoms with Gasteiger partial charge in [0.05, 0.1) is 29.0 Å². The Hall–Kier alpha value is -7.60. The van der Waals surface area contributed by atoms with E-state index in [0.717, 1.165) is 27.0 Å². The topological polar surface area (TPSA) is 251 Å². The number of aromatic nitrogens is 2. The van der Waals surface area contributed by atoms with Crippen LogP contribution >= 0.6 is 0 Å². The molecule has 0 bridgehead atoms. The number of amides is 4. The molecule has 18 heteroatoms. The molecule has 7 rings (SSSR count). The highest BCUT2D eigenvalue weighted by Gasteiger charge is 2.50. The van der Waals surface area contributed by atoms with E-state index < -0.39 is 59.6 Å². The summed E-state index contributed by atoms with van der Waals surface area (Å²) in [6.07, 6.45) is 1.84. The summed E-state index contributed by atoms with van der Waals surface area (Å²) >= 11 is 0. The zero-order valence-electron chi connectivity index (χ0n) is 37.5. The minimum Gasteiger partial charge on any atom is -0.508 e. The minimum absolute atomic E-state index is 0.0761. The van der Waals surface area contributed by atoms with Gasteiger partial charge in [0.15, 0.2) is 0 Å². The van der Waals surface area contributed by atoms with Gasteiger partial charge in [-0.2, -0.15) is 0 Å². The molecule has 0 fully saturated rings. The highest BCUT2D eigenvalue weighted by Crippen LogP contribution is 2.42. The van der Waals surface area contributed by atoms with Gasteiger partial charge in [0.25, 0.3) is 5.56 Å². The van der Waals surface area contributed by atoms with Crippen LogP contribution in [-0.4, -0.2) is 88.0 Å². The smallest absolute Gasteiger partial charge is 0.410 e. The zero-order valence-corrected chi connectivity index (χ0v) is 37.5. The second kappa shape index (κ2) is 20.7. The third-order valence-electron chi connectivity index (χ3n) is 12.1. The minimum atomic E-state index is -1.99. The number of anilines is 1. The fraction of sp³-hybridized carbons (Fsp3) is 0.347. The van der Waals surface area contributed by atoms with Gasteiger partial charge in [-0.1, -0.05) is 56.3 Å². The van der Waals surface area contributed by atoms with Crippen molar-refractivity contribution in [3.63, 3.8) is 0 Å². The molecule has 2 aliphatic heterocycles. The number of hydrogen-bond acceptors (Lipinski definition) is 13. The molecule has 350 valence electrons. The Morgan fingerprint density at radius 1 is 0.970 bits per heavy atom. The van der Waals surface area contributed by atoms with E-state index in [0.29, 0.717) is 66.8 Å². The summed E-state index contributed by atoms with van der Waals surface area (Å²) in [5.74, 6) is -2.70. The number of unbranched alkanes of at least 4 members (excludes halogenated alkanes) is 1. The second-order valence-electron chi connectivity index (χ2n) is 16.5. The van der Waals surface area contributed by atoms with Crippen molar-refractivity contribution in [1.29, 1.82) is 0 Å². The van der Waals surface area contributed by atoms with Gasteiger partial charge in [0, 0.05) is 35.7 Å². The van der Waals surface area contributed by atoms with E-state index in [1.54, 1.807) is 54.0 Å². The summed E-state index contributed by atoms with van der Waals surface area (Å²) in [5, 5.41) is 19.1. The maximum atomic E-state index is 14.1. The number of pyridine rings is 2. The molecule has 5 aromatic rings. The summed E-state index contributed by atoms with van der Waals surface area (Å²) in [7, 11) is 1.33. The Kier molecular flexibility index (Phi) is 14.6. The quantitative estimate of drug-likeness (QED) is 0.0333. The molecule has 0 aliphatic carbocycles. The molecule has 4 heterocycles. The van der Waals surface area contributed by atoms with Crippen molar-refractivity contribution < 1.29 is 48.1 Å². The molecule has 1 unspecified atom stereocenters. The summed E-state index contributed by atoms with van der Waals surface area (Å²) in [5.41, 5.74) is 8.77. The normalized spacial score (nSPS) is 15.5. The van der Waals surface area contributed by atoms with Crippen molar-refractivity contribution in [2.75, 3.05) is 25.5 Å². The van der Waals surface area contributed by atoms with Crippen LogP contribution in [0.25, 0.3) is 22.3 Å². The van der Waals surface area contributed by atoms with Gasteiger partial charge in [-0.3, -0.25) is 24.0 Å². The molecule has 0 saturated carbocycles. The number of nitrogens with two attached hydrogens (primary N) is 1. The summed E-state index contributed by atoms with van der Waals surface area (Å²) in [6.45, 7) is 3.11. The Labute approximate surface area is 385 Å². The average molecular weight is 916 g/mol. The Balaban J connectivity index is 0.975. The summed E-state index contributed by atoms with van der Waals surface area (Å²) in [4.78, 5) is 98.3. The molecule has 0 saturated heterocycles. The number of aryl methyl sites for hydroxylation is 1. The number of aromatic hydroxyl groups is 1. The lowest BCUT2D eigenvalue weighted by Gasteiger charge is -2.36. The first-order valence-electron chi connectivity index (χ1n) is 22.1. The summed E-state index contributed by atoms with van der Waals surface area (Å²) in [6, 6.07) is 20.3. The van der Waals surface area contributed by atoms with Crippen molar-refractivity contribution in [2.45, 2.75) is 89.8 Å². The number of nitrogens with one attached hydrogen (secondary N) is 3. The highest BCUT2D eigenvalue weighted by molar-refractivity contribution is 5.98. The molecule has 0 radical (unpaired) electrons. The monoisotopic (exact) mass is 915 g/mol. The molecule has 3 aromatic carbocycles. The van der Waals surface area contributed by atoms with Crippen LogP contribution in [0, 0.1) is 0 Å². The number of carbonyl (C=O) groups excluding carboxylic acids is 6. The van der Waals surface area contributed by atoms with Crippen LogP contribution in [0.2, 0.25) is 0 Å². The number of hydrogen-bond donors (Lipinski definition) is 5. The number of nitrogens with zero attached hydrogens (tertiary/aromatic N) is 3. The number of ether oxygens (including phenoxy) is 3. The van der Waals surface area contributed by atoms with E-state index in [4.69, 9.17) is 24.9 Å². The lowest BCUT2D eigenvalue weighted by Crippen LogP contribution is -2.52. The SMILES string of the molecule is CCc1c2c(nc3ccc(O)cc13)-c1cc3c(c(=O)n1C2)COC(=O)C3(CC)OC(=O)CN(C)C(=O)OCc1ccc(NC(=O)[C@H](CCCCN)NC(=O)[C@H](Cc2ccccc2)NC=O)cc1. The van der Waals surface area contributed by atoms with E-state index >= 15 is 0 Å². The van der Waals surface area contributed by atoms with Crippen molar-refractivity contribution >= 4 is 52.8 Å². The van der Waals surface area contributed by atoms with E-state index in [9.17, 15) is 38.7 Å². The zero-order chi connectivity index (χ0) is 47.8. The molecule has 6 N–H and O–H groups in total. The molecule has 4 amide bonds. The fourth-order valence-corrected chi connectivity index (χ4v) is 8.56. The lowest BCUT2D eigenvalue weighted by molar-refractivity contribution is -0.189. The third kappa shape index (κ3) is 10.1. The molecule has 3 atom stereocenters. The van der Waals surface area contributed by atoms with Crippen LogP contribution in [0.1, 0.15) is 72.9 Å². The van der Waals surface area contributed by atoms with Gasteiger partial charge in [-0.05, 0) is 91.7 Å². The van der Waals surface area contributed by atoms with E-state index in [1.165, 1.54) is 13.1 Å². The van der Waals surface area contributed by atoms with Gasteiger partial charge >= 0.3 is 18.0 Å². The van der Waals surface area contributed by atoms with Gasteiger partial charge < -0.3 is 50.5 Å². The number of carbonyl (C=O) groups is 6. The molecule has 67 heavy (non-hydrogen) atoms. The first-order valence-corrected chi connectivity index (χ1v) is 22.1. The number of likely N-dealkylation sites (N-methyl/N-ethyl adjacent to an activating group) is 1. The van der Waals surface area contributed by atoms with Gasteiger partial charge in [0.2, 0.25) is 23.8 Å². The van der Waals surface area contributed by atoms with E-state index in [2.05, 4.69) is 16.0 Å². The van der Waals surface area contributed by atoms with E-state index in [1.807, 2.05) is 37.3 Å². The number of rotatable bonds is 19. The van der Waals surface area contributed by atoms with Gasteiger partial charge in [-0.25, -0.2) is 14.6 Å². The average Bonchev–Trinajstić information content (AvgIpc) is 3.69. The lowest BCUT2D eigenvalue weighted by atomic mass is 9.85. The number of esters is 2. The van der Waals surface area contributed by atoms with Gasteiger partial charge in [-0.15, -0.1) is 0 Å². The second-order valence-corrected chi connectivity index (χ2v) is 16.5. The number of phenolic OH excluding ortho intramolecular Hbond substituents is 1.